The molecule has 1 atom stereocenters. The van der Waals surface area contributed by atoms with Crippen LogP contribution in [0.3, 0.4) is 0 Å². The summed E-state index contributed by atoms with van der Waals surface area (Å²) in [6, 6.07) is 12.2. The summed E-state index contributed by atoms with van der Waals surface area (Å²) >= 11 is 1.76. The number of carbonyl (C=O) groups is 1. The standard InChI is InChI=1S/C23H27N3O2S/c1-25-20-5-3-2-4-18(20)12-21(25)22(27)24-14-19-13-23(28-19)7-9-26(10-8-23)15-17-6-11-29-16-17/h2-6,11-12,16,19H,7-10,13-15H2,1H3,(H,24,27)/t19-/m1/s1. The number of ether oxygens (including phenoxy) is 1. The molecule has 1 aromatic carbocycles. The maximum atomic E-state index is 12.6. The molecule has 2 fully saturated rings. The number of nitrogens with zero attached hydrogens (tertiary/aromatic N) is 2. The third-order valence-electron chi connectivity index (χ3n) is 6.44. The summed E-state index contributed by atoms with van der Waals surface area (Å²) in [6.07, 6.45) is 3.36. The topological polar surface area (TPSA) is 46.5 Å². The molecular formula is C23H27N3O2S. The first-order valence-corrected chi connectivity index (χ1v) is 11.3. The van der Waals surface area contributed by atoms with Gasteiger partial charge in [-0.2, -0.15) is 11.3 Å². The van der Waals surface area contributed by atoms with Crippen molar-refractivity contribution in [3.05, 3.63) is 58.4 Å². The van der Waals surface area contributed by atoms with Crippen LogP contribution in [0.25, 0.3) is 10.9 Å². The molecule has 0 radical (unpaired) electrons. The molecule has 152 valence electrons. The summed E-state index contributed by atoms with van der Waals surface area (Å²) in [5.74, 6) is -0.0289. The van der Waals surface area contributed by atoms with Gasteiger partial charge in [-0.1, -0.05) is 18.2 Å². The van der Waals surface area contributed by atoms with Crippen molar-refractivity contribution in [2.45, 2.75) is 37.5 Å². The van der Waals surface area contributed by atoms with Gasteiger partial charge < -0.3 is 14.6 Å². The van der Waals surface area contributed by atoms with Crippen LogP contribution in [-0.4, -0.2) is 46.7 Å². The number of aryl methyl sites for hydroxylation is 1. The Morgan fingerprint density at radius 3 is 2.79 bits per heavy atom. The van der Waals surface area contributed by atoms with E-state index in [1.54, 1.807) is 11.3 Å². The number of nitrogens with one attached hydrogen (secondary N) is 1. The Bertz CT molecular complexity index is 994. The molecule has 1 amide bonds. The van der Waals surface area contributed by atoms with E-state index < -0.39 is 0 Å². The molecule has 4 heterocycles. The van der Waals surface area contributed by atoms with Gasteiger partial charge in [0.15, 0.2) is 0 Å². The Hall–Kier alpha value is -2.15. The van der Waals surface area contributed by atoms with Crippen molar-refractivity contribution in [1.29, 1.82) is 0 Å². The SMILES string of the molecule is Cn1c(C(=O)NC[C@H]2CC3(CCN(Cc4ccsc4)CC3)O2)cc2ccccc21. The Balaban J connectivity index is 1.10. The molecule has 0 unspecified atom stereocenters. The van der Waals surface area contributed by atoms with Crippen LogP contribution in [0.15, 0.2) is 47.2 Å². The van der Waals surface area contributed by atoms with E-state index in [1.807, 2.05) is 41.9 Å². The van der Waals surface area contributed by atoms with Crippen LogP contribution in [0, 0.1) is 0 Å². The van der Waals surface area contributed by atoms with E-state index in [-0.39, 0.29) is 17.6 Å². The van der Waals surface area contributed by atoms with Crippen LogP contribution in [-0.2, 0) is 18.3 Å². The largest absolute Gasteiger partial charge is 0.370 e. The number of rotatable bonds is 5. The van der Waals surface area contributed by atoms with Gasteiger partial charge >= 0.3 is 0 Å². The number of hydrogen-bond acceptors (Lipinski definition) is 4. The number of likely N-dealkylation sites (tertiary alicyclic amines) is 1. The van der Waals surface area contributed by atoms with E-state index in [1.165, 1.54) is 5.56 Å². The molecular weight excluding hydrogens is 382 g/mol. The van der Waals surface area contributed by atoms with Crippen molar-refractivity contribution in [3.63, 3.8) is 0 Å². The fraction of sp³-hybridized carbons (Fsp3) is 0.435. The number of amides is 1. The number of aromatic nitrogens is 1. The molecule has 0 saturated carbocycles. The average Bonchev–Trinajstić information content (AvgIpc) is 3.34. The molecule has 2 aliphatic rings. The zero-order valence-corrected chi connectivity index (χ0v) is 17.6. The van der Waals surface area contributed by atoms with Crippen LogP contribution in [0.4, 0.5) is 0 Å². The van der Waals surface area contributed by atoms with E-state index in [0.717, 1.165) is 49.8 Å². The summed E-state index contributed by atoms with van der Waals surface area (Å²) in [6.45, 7) is 3.81. The van der Waals surface area contributed by atoms with Crippen molar-refractivity contribution in [2.24, 2.45) is 7.05 Å². The zero-order chi connectivity index (χ0) is 19.8. The van der Waals surface area contributed by atoms with Crippen molar-refractivity contribution < 1.29 is 9.53 Å². The van der Waals surface area contributed by atoms with Crippen LogP contribution in [0.1, 0.15) is 35.3 Å². The number of hydrogen-bond donors (Lipinski definition) is 1. The first-order valence-electron chi connectivity index (χ1n) is 10.4. The molecule has 2 saturated heterocycles. The summed E-state index contributed by atoms with van der Waals surface area (Å²) in [5, 5.41) is 8.54. The lowest BCUT2D eigenvalue weighted by Crippen LogP contribution is -2.59. The Morgan fingerprint density at radius 2 is 2.07 bits per heavy atom. The number of thiophene rings is 1. The van der Waals surface area contributed by atoms with Crippen molar-refractivity contribution in [3.8, 4) is 0 Å². The molecule has 6 heteroatoms. The van der Waals surface area contributed by atoms with Gasteiger partial charge in [0, 0.05) is 50.6 Å². The maximum absolute atomic E-state index is 12.6. The predicted molar refractivity (Wildman–Crippen MR) is 116 cm³/mol. The van der Waals surface area contributed by atoms with E-state index in [0.29, 0.717) is 12.2 Å². The van der Waals surface area contributed by atoms with Gasteiger partial charge in [0.1, 0.15) is 5.69 Å². The van der Waals surface area contributed by atoms with E-state index in [2.05, 4.69) is 27.0 Å². The van der Waals surface area contributed by atoms with Crippen LogP contribution >= 0.6 is 11.3 Å². The highest BCUT2D eigenvalue weighted by molar-refractivity contribution is 7.07. The Kier molecular flexibility index (Phi) is 4.94. The normalized spacial score (nSPS) is 21.3. The fourth-order valence-electron chi connectivity index (χ4n) is 4.76. The number of carbonyl (C=O) groups excluding carboxylic acids is 1. The van der Waals surface area contributed by atoms with Gasteiger partial charge in [-0.25, -0.2) is 0 Å². The average molecular weight is 410 g/mol. The lowest BCUT2D eigenvalue weighted by Gasteiger charge is -2.52. The highest BCUT2D eigenvalue weighted by Crippen LogP contribution is 2.41. The second-order valence-corrected chi connectivity index (χ2v) is 9.17. The summed E-state index contributed by atoms with van der Waals surface area (Å²) in [5.41, 5.74) is 3.22. The molecule has 1 N–H and O–H groups in total. The van der Waals surface area contributed by atoms with Crippen LogP contribution < -0.4 is 5.32 Å². The minimum atomic E-state index is -0.0289. The van der Waals surface area contributed by atoms with E-state index in [4.69, 9.17) is 4.74 Å². The number of piperidine rings is 1. The zero-order valence-electron chi connectivity index (χ0n) is 16.8. The Morgan fingerprint density at radius 1 is 1.28 bits per heavy atom. The molecule has 1 spiro atoms. The third kappa shape index (κ3) is 3.72. The minimum absolute atomic E-state index is 0.0289. The summed E-state index contributed by atoms with van der Waals surface area (Å²) in [4.78, 5) is 15.2. The van der Waals surface area contributed by atoms with Crippen molar-refractivity contribution in [2.75, 3.05) is 19.6 Å². The number of fused-ring (bicyclic) bond motifs is 1. The van der Waals surface area contributed by atoms with Crippen molar-refractivity contribution in [1.82, 2.24) is 14.8 Å². The summed E-state index contributed by atoms with van der Waals surface area (Å²) in [7, 11) is 1.94. The summed E-state index contributed by atoms with van der Waals surface area (Å²) < 4.78 is 8.24. The third-order valence-corrected chi connectivity index (χ3v) is 7.18. The molecule has 2 aromatic heterocycles. The highest BCUT2D eigenvalue weighted by Gasteiger charge is 2.47. The molecule has 3 aromatic rings. The van der Waals surface area contributed by atoms with Gasteiger partial charge in [-0.3, -0.25) is 9.69 Å². The molecule has 0 aliphatic carbocycles. The monoisotopic (exact) mass is 409 g/mol. The second-order valence-electron chi connectivity index (χ2n) is 8.39. The minimum Gasteiger partial charge on any atom is -0.370 e. The molecule has 29 heavy (non-hydrogen) atoms. The Labute approximate surface area is 175 Å². The van der Waals surface area contributed by atoms with Crippen LogP contribution in [0.5, 0.6) is 0 Å². The predicted octanol–water partition coefficient (Wildman–Crippen LogP) is 3.79. The fourth-order valence-corrected chi connectivity index (χ4v) is 5.42. The van der Waals surface area contributed by atoms with Crippen LogP contribution in [0.2, 0.25) is 0 Å². The maximum Gasteiger partial charge on any atom is 0.268 e. The second kappa shape index (κ2) is 7.59. The highest BCUT2D eigenvalue weighted by atomic mass is 32.1. The first-order chi connectivity index (χ1) is 14.1. The van der Waals surface area contributed by atoms with Gasteiger partial charge in [0.25, 0.3) is 5.91 Å². The molecule has 5 nitrogen and oxygen atoms in total. The van der Waals surface area contributed by atoms with Gasteiger partial charge in [-0.05, 0) is 47.4 Å². The molecule has 0 bridgehead atoms. The van der Waals surface area contributed by atoms with E-state index in [9.17, 15) is 4.79 Å². The van der Waals surface area contributed by atoms with Gasteiger partial charge in [0.2, 0.25) is 0 Å². The van der Waals surface area contributed by atoms with Gasteiger partial charge in [0.05, 0.1) is 11.7 Å². The first kappa shape index (κ1) is 18.9. The quantitative estimate of drug-likeness (QED) is 0.697. The lowest BCUT2D eigenvalue weighted by molar-refractivity contribution is -0.222. The molecule has 5 rings (SSSR count). The van der Waals surface area contributed by atoms with Gasteiger partial charge in [-0.15, -0.1) is 0 Å². The van der Waals surface area contributed by atoms with E-state index >= 15 is 0 Å². The number of benzene rings is 1. The lowest BCUT2D eigenvalue weighted by atomic mass is 9.80. The smallest absolute Gasteiger partial charge is 0.268 e. The molecule has 2 aliphatic heterocycles. The number of para-hydroxylation sites is 1. The van der Waals surface area contributed by atoms with Crippen molar-refractivity contribution >= 4 is 28.1 Å².